The summed E-state index contributed by atoms with van der Waals surface area (Å²) in [5, 5.41) is 10.3. The Balaban J connectivity index is 2.57. The highest BCUT2D eigenvalue weighted by molar-refractivity contribution is 5.28. The molecule has 1 aromatic heterocycles. The van der Waals surface area contributed by atoms with Crippen LogP contribution < -0.4 is 4.74 Å². The average molecular weight is 208 g/mol. The van der Waals surface area contributed by atoms with Crippen LogP contribution in [0.1, 0.15) is 13.8 Å². The maximum Gasteiger partial charge on any atom is 0.287 e. The Labute approximate surface area is 87.6 Å². The number of allylic oxidation sites excluding steroid dienone is 1. The zero-order valence-electron chi connectivity index (χ0n) is 8.64. The van der Waals surface area contributed by atoms with E-state index in [4.69, 9.17) is 4.74 Å². The van der Waals surface area contributed by atoms with Crippen LogP contribution in [-0.2, 0) is 0 Å². The Bertz CT molecular complexity index is 367. The second-order valence-corrected chi connectivity index (χ2v) is 3.20. The molecule has 0 amide bonds. The summed E-state index contributed by atoms with van der Waals surface area (Å²) in [6, 6.07) is 2.85. The maximum atomic E-state index is 10.3. The highest BCUT2D eigenvalue weighted by Crippen LogP contribution is 2.13. The van der Waals surface area contributed by atoms with E-state index in [1.165, 1.54) is 18.3 Å². The van der Waals surface area contributed by atoms with E-state index in [0.717, 1.165) is 5.57 Å². The fourth-order valence-electron chi connectivity index (χ4n) is 0.860. The van der Waals surface area contributed by atoms with Crippen LogP contribution in [0.4, 0.5) is 5.69 Å². The number of ether oxygens (including phenoxy) is 1. The van der Waals surface area contributed by atoms with Crippen LogP contribution in [0.2, 0.25) is 0 Å². The fraction of sp³-hybridized carbons (Fsp3) is 0.300. The number of nitrogens with zero attached hydrogens (tertiary/aromatic N) is 2. The monoisotopic (exact) mass is 208 g/mol. The van der Waals surface area contributed by atoms with E-state index < -0.39 is 4.92 Å². The molecule has 5 heteroatoms. The largest absolute Gasteiger partial charge is 0.473 e. The van der Waals surface area contributed by atoms with Crippen molar-refractivity contribution < 1.29 is 9.66 Å². The molecule has 0 aliphatic carbocycles. The summed E-state index contributed by atoms with van der Waals surface area (Å²) in [5.41, 5.74) is 1.11. The van der Waals surface area contributed by atoms with E-state index in [2.05, 4.69) is 4.98 Å². The standard InChI is InChI=1S/C10H12N2O3/c1-8(2)5-6-15-10-4-3-9(7-11-10)12(13)14/h3-5,7H,6H2,1-2H3. The number of pyridine rings is 1. The molecule has 0 aliphatic heterocycles. The quantitative estimate of drug-likeness (QED) is 0.432. The van der Waals surface area contributed by atoms with Crippen LogP contribution in [0.5, 0.6) is 5.88 Å². The van der Waals surface area contributed by atoms with Gasteiger partial charge in [-0.15, -0.1) is 0 Å². The normalized spacial score (nSPS) is 9.47. The van der Waals surface area contributed by atoms with Gasteiger partial charge in [-0.2, -0.15) is 0 Å². The third-order valence-electron chi connectivity index (χ3n) is 1.65. The minimum atomic E-state index is -0.493. The predicted octanol–water partition coefficient (Wildman–Crippen LogP) is 2.33. The molecular weight excluding hydrogens is 196 g/mol. The lowest BCUT2D eigenvalue weighted by molar-refractivity contribution is -0.385. The molecule has 1 rings (SSSR count). The zero-order valence-corrected chi connectivity index (χ0v) is 8.64. The molecule has 0 atom stereocenters. The maximum absolute atomic E-state index is 10.3. The summed E-state index contributed by atoms with van der Waals surface area (Å²) >= 11 is 0. The van der Waals surface area contributed by atoms with Gasteiger partial charge in [0.2, 0.25) is 5.88 Å². The minimum Gasteiger partial charge on any atom is -0.473 e. The van der Waals surface area contributed by atoms with Gasteiger partial charge in [-0.05, 0) is 19.9 Å². The minimum absolute atomic E-state index is 0.0374. The third-order valence-corrected chi connectivity index (χ3v) is 1.65. The van der Waals surface area contributed by atoms with Gasteiger partial charge in [-0.25, -0.2) is 4.98 Å². The summed E-state index contributed by atoms with van der Waals surface area (Å²) in [5.74, 6) is 0.387. The van der Waals surface area contributed by atoms with Gasteiger partial charge in [0.25, 0.3) is 5.69 Å². The Morgan fingerprint density at radius 3 is 2.80 bits per heavy atom. The Kier molecular flexibility index (Phi) is 3.79. The number of rotatable bonds is 4. The summed E-state index contributed by atoms with van der Waals surface area (Å²) in [6.07, 6.45) is 3.08. The number of hydrogen-bond donors (Lipinski definition) is 0. The van der Waals surface area contributed by atoms with Crippen molar-refractivity contribution in [3.63, 3.8) is 0 Å². The molecule has 1 heterocycles. The molecule has 0 saturated carbocycles. The molecule has 5 nitrogen and oxygen atoms in total. The molecule has 15 heavy (non-hydrogen) atoms. The van der Waals surface area contributed by atoms with Crippen LogP contribution in [-0.4, -0.2) is 16.5 Å². The zero-order chi connectivity index (χ0) is 11.3. The number of nitro groups is 1. The molecule has 0 unspecified atom stereocenters. The molecule has 0 spiro atoms. The van der Waals surface area contributed by atoms with Gasteiger partial charge >= 0.3 is 0 Å². The molecular formula is C10H12N2O3. The first-order valence-electron chi connectivity index (χ1n) is 4.46. The number of hydrogen-bond acceptors (Lipinski definition) is 4. The highest BCUT2D eigenvalue weighted by Gasteiger charge is 2.04. The van der Waals surface area contributed by atoms with E-state index in [1.54, 1.807) is 0 Å². The predicted molar refractivity (Wildman–Crippen MR) is 55.8 cm³/mol. The van der Waals surface area contributed by atoms with Crippen molar-refractivity contribution in [2.24, 2.45) is 0 Å². The van der Waals surface area contributed by atoms with Crippen molar-refractivity contribution in [2.75, 3.05) is 6.61 Å². The van der Waals surface area contributed by atoms with Crippen LogP contribution in [0.15, 0.2) is 30.0 Å². The van der Waals surface area contributed by atoms with Crippen molar-refractivity contribution in [1.82, 2.24) is 4.98 Å². The Morgan fingerprint density at radius 1 is 1.60 bits per heavy atom. The van der Waals surface area contributed by atoms with Gasteiger partial charge < -0.3 is 4.74 Å². The third kappa shape index (κ3) is 3.76. The van der Waals surface area contributed by atoms with Crippen molar-refractivity contribution in [3.8, 4) is 5.88 Å². The molecule has 1 aromatic rings. The van der Waals surface area contributed by atoms with Crippen molar-refractivity contribution in [3.05, 3.63) is 40.1 Å². The van der Waals surface area contributed by atoms with E-state index in [9.17, 15) is 10.1 Å². The van der Waals surface area contributed by atoms with E-state index >= 15 is 0 Å². The molecule has 0 aromatic carbocycles. The first-order chi connectivity index (χ1) is 7.09. The summed E-state index contributed by atoms with van der Waals surface area (Å²) in [6.45, 7) is 4.35. The van der Waals surface area contributed by atoms with Crippen LogP contribution in [0.3, 0.4) is 0 Å². The van der Waals surface area contributed by atoms with Crippen molar-refractivity contribution in [2.45, 2.75) is 13.8 Å². The smallest absolute Gasteiger partial charge is 0.287 e. The molecule has 0 aliphatic rings. The summed E-state index contributed by atoms with van der Waals surface area (Å²) in [4.78, 5) is 13.6. The van der Waals surface area contributed by atoms with Gasteiger partial charge in [-0.1, -0.05) is 5.57 Å². The van der Waals surface area contributed by atoms with Crippen LogP contribution in [0.25, 0.3) is 0 Å². The lowest BCUT2D eigenvalue weighted by atomic mass is 10.3. The lowest BCUT2D eigenvalue weighted by Crippen LogP contribution is -1.97. The SMILES string of the molecule is CC(C)=CCOc1ccc([N+](=O)[O-])cn1. The first kappa shape index (κ1) is 11.2. The van der Waals surface area contributed by atoms with E-state index in [1.807, 2.05) is 19.9 Å². The first-order valence-corrected chi connectivity index (χ1v) is 4.46. The van der Waals surface area contributed by atoms with Crippen molar-refractivity contribution >= 4 is 5.69 Å². The molecule has 80 valence electrons. The van der Waals surface area contributed by atoms with Crippen molar-refractivity contribution in [1.29, 1.82) is 0 Å². The molecule has 0 N–H and O–H groups in total. The van der Waals surface area contributed by atoms with Gasteiger partial charge in [0.1, 0.15) is 12.8 Å². The summed E-state index contributed by atoms with van der Waals surface area (Å²) < 4.78 is 5.24. The molecule has 0 saturated heterocycles. The van der Waals surface area contributed by atoms with Gasteiger partial charge in [0, 0.05) is 12.1 Å². The van der Waals surface area contributed by atoms with Gasteiger partial charge in [0.05, 0.1) is 4.92 Å². The van der Waals surface area contributed by atoms with Gasteiger partial charge in [-0.3, -0.25) is 10.1 Å². The second kappa shape index (κ2) is 5.09. The lowest BCUT2D eigenvalue weighted by Gasteiger charge is -2.01. The topological polar surface area (TPSA) is 65.3 Å². The van der Waals surface area contributed by atoms with E-state index in [-0.39, 0.29) is 5.69 Å². The Hall–Kier alpha value is -1.91. The van der Waals surface area contributed by atoms with Gasteiger partial charge in [0.15, 0.2) is 0 Å². The highest BCUT2D eigenvalue weighted by atomic mass is 16.6. The Morgan fingerprint density at radius 2 is 2.33 bits per heavy atom. The fourth-order valence-corrected chi connectivity index (χ4v) is 0.860. The van der Waals surface area contributed by atoms with E-state index in [0.29, 0.717) is 12.5 Å². The average Bonchev–Trinajstić information content (AvgIpc) is 2.18. The van der Waals surface area contributed by atoms with Crippen LogP contribution in [0, 0.1) is 10.1 Å². The number of aromatic nitrogens is 1. The molecule has 0 bridgehead atoms. The molecule has 0 fully saturated rings. The second-order valence-electron chi connectivity index (χ2n) is 3.20. The molecule has 0 radical (unpaired) electrons. The van der Waals surface area contributed by atoms with Crippen LogP contribution >= 0.6 is 0 Å². The summed E-state index contributed by atoms with van der Waals surface area (Å²) in [7, 11) is 0.